The van der Waals surface area contributed by atoms with E-state index in [1.54, 1.807) is 36.5 Å². The standard InChI is InChI=1S/C31H28ClN5O2/c32-23-14-16-24(17-15-23)34-29(38)20-36-19-22(25-10-5-7-13-28(25)36)18-33-37-30(21-8-2-1-3-9-21)35-27-12-6-4-11-26(27)31(37)39/h4-7,10-19,21H,1-3,8-9,20H2,(H,34,38). The van der Waals surface area contributed by atoms with Crippen molar-refractivity contribution in [3.8, 4) is 0 Å². The SMILES string of the molecule is O=C(Cn1cc(C=Nn2c(C3CCCCC3)nc3ccccc3c2=O)c2ccccc21)Nc1ccc(Cl)cc1. The minimum absolute atomic E-state index is 0.127. The first-order valence-electron chi connectivity index (χ1n) is 13.3. The summed E-state index contributed by atoms with van der Waals surface area (Å²) in [5.74, 6) is 0.767. The highest BCUT2D eigenvalue weighted by molar-refractivity contribution is 6.30. The number of anilines is 1. The molecule has 196 valence electrons. The highest BCUT2D eigenvalue weighted by Crippen LogP contribution is 2.32. The Kier molecular flexibility index (Phi) is 6.99. The van der Waals surface area contributed by atoms with Crippen LogP contribution in [-0.2, 0) is 11.3 Å². The van der Waals surface area contributed by atoms with Crippen LogP contribution < -0.4 is 10.9 Å². The van der Waals surface area contributed by atoms with E-state index in [-0.39, 0.29) is 23.9 Å². The number of hydrogen-bond acceptors (Lipinski definition) is 4. The molecule has 0 bridgehead atoms. The molecule has 5 aromatic rings. The van der Waals surface area contributed by atoms with E-state index < -0.39 is 0 Å². The van der Waals surface area contributed by atoms with E-state index >= 15 is 0 Å². The van der Waals surface area contributed by atoms with Crippen molar-refractivity contribution >= 4 is 51.2 Å². The monoisotopic (exact) mass is 537 g/mol. The van der Waals surface area contributed by atoms with Crippen molar-refractivity contribution in [1.82, 2.24) is 14.2 Å². The van der Waals surface area contributed by atoms with E-state index in [2.05, 4.69) is 5.32 Å². The number of fused-ring (bicyclic) bond motifs is 2. The summed E-state index contributed by atoms with van der Waals surface area (Å²) in [6.07, 6.45) is 9.08. The Morgan fingerprint density at radius 2 is 1.69 bits per heavy atom. The first-order chi connectivity index (χ1) is 19.1. The predicted octanol–water partition coefficient (Wildman–Crippen LogP) is 6.57. The molecule has 1 aliphatic carbocycles. The summed E-state index contributed by atoms with van der Waals surface area (Å²) in [6, 6.07) is 22.3. The Morgan fingerprint density at radius 3 is 2.49 bits per heavy atom. The Bertz CT molecular complexity index is 1750. The van der Waals surface area contributed by atoms with E-state index in [4.69, 9.17) is 21.7 Å². The van der Waals surface area contributed by atoms with Gasteiger partial charge in [-0.25, -0.2) is 4.98 Å². The second kappa shape index (κ2) is 10.9. The maximum absolute atomic E-state index is 13.6. The third-order valence-electron chi connectivity index (χ3n) is 7.32. The smallest absolute Gasteiger partial charge is 0.282 e. The van der Waals surface area contributed by atoms with Crippen LogP contribution in [0.15, 0.2) is 88.9 Å². The zero-order valence-corrected chi connectivity index (χ0v) is 22.1. The Morgan fingerprint density at radius 1 is 0.974 bits per heavy atom. The van der Waals surface area contributed by atoms with Gasteiger partial charge < -0.3 is 9.88 Å². The number of amides is 1. The number of rotatable bonds is 6. The topological polar surface area (TPSA) is 81.3 Å². The van der Waals surface area contributed by atoms with Crippen LogP contribution in [0.2, 0.25) is 5.02 Å². The number of nitrogens with zero attached hydrogens (tertiary/aromatic N) is 4. The van der Waals surface area contributed by atoms with Gasteiger partial charge in [-0.3, -0.25) is 9.59 Å². The summed E-state index contributed by atoms with van der Waals surface area (Å²) in [6.45, 7) is 0.127. The van der Waals surface area contributed by atoms with Gasteiger partial charge in [0.05, 0.1) is 17.1 Å². The zero-order chi connectivity index (χ0) is 26.8. The van der Waals surface area contributed by atoms with Crippen LogP contribution in [0.4, 0.5) is 5.69 Å². The number of carbonyl (C=O) groups is 1. The minimum atomic E-state index is -0.163. The number of benzene rings is 3. The van der Waals surface area contributed by atoms with E-state index in [0.717, 1.165) is 48.0 Å². The fraction of sp³-hybridized carbons (Fsp3) is 0.226. The lowest BCUT2D eigenvalue weighted by molar-refractivity contribution is -0.116. The largest absolute Gasteiger partial charge is 0.337 e. The van der Waals surface area contributed by atoms with Crippen LogP contribution in [0.25, 0.3) is 21.8 Å². The van der Waals surface area contributed by atoms with Gasteiger partial charge in [-0.15, -0.1) is 0 Å². The number of aromatic nitrogens is 3. The van der Waals surface area contributed by atoms with Crippen molar-refractivity contribution in [2.45, 2.75) is 44.6 Å². The third-order valence-corrected chi connectivity index (χ3v) is 7.57. The summed E-state index contributed by atoms with van der Waals surface area (Å²) in [5.41, 5.74) is 2.95. The molecule has 0 spiro atoms. The first-order valence-corrected chi connectivity index (χ1v) is 13.6. The van der Waals surface area contributed by atoms with Gasteiger partial charge in [-0.2, -0.15) is 9.78 Å². The van der Waals surface area contributed by atoms with Gasteiger partial charge in [0.15, 0.2) is 0 Å². The average molecular weight is 538 g/mol. The highest BCUT2D eigenvalue weighted by Gasteiger charge is 2.22. The molecule has 39 heavy (non-hydrogen) atoms. The number of halogens is 1. The van der Waals surface area contributed by atoms with Crippen molar-refractivity contribution in [1.29, 1.82) is 0 Å². The van der Waals surface area contributed by atoms with Gasteiger partial charge in [-0.1, -0.05) is 61.2 Å². The van der Waals surface area contributed by atoms with E-state index in [9.17, 15) is 9.59 Å². The Hall–Kier alpha value is -4.23. The van der Waals surface area contributed by atoms with Gasteiger partial charge >= 0.3 is 0 Å². The molecule has 2 heterocycles. The second-order valence-electron chi connectivity index (χ2n) is 9.97. The fourth-order valence-corrected chi connectivity index (χ4v) is 5.52. The molecule has 0 saturated heterocycles. The molecule has 0 unspecified atom stereocenters. The molecule has 1 amide bonds. The summed E-state index contributed by atoms with van der Waals surface area (Å²) in [5, 5.41) is 9.73. The van der Waals surface area contributed by atoms with Crippen molar-refractivity contribution in [2.75, 3.05) is 5.32 Å². The number of para-hydroxylation sites is 2. The Balaban J connectivity index is 1.36. The highest BCUT2D eigenvalue weighted by atomic mass is 35.5. The van der Waals surface area contributed by atoms with E-state index in [1.165, 1.54) is 11.1 Å². The lowest BCUT2D eigenvalue weighted by Gasteiger charge is -2.22. The molecule has 0 atom stereocenters. The lowest BCUT2D eigenvalue weighted by atomic mass is 9.88. The molecule has 2 aromatic heterocycles. The maximum atomic E-state index is 13.6. The molecule has 6 rings (SSSR count). The molecular weight excluding hydrogens is 510 g/mol. The second-order valence-corrected chi connectivity index (χ2v) is 10.4. The van der Waals surface area contributed by atoms with Gasteiger partial charge in [0, 0.05) is 39.3 Å². The molecule has 3 aromatic carbocycles. The summed E-state index contributed by atoms with van der Waals surface area (Å²) >= 11 is 5.96. The number of carbonyl (C=O) groups excluding carboxylic acids is 1. The van der Waals surface area contributed by atoms with Crippen LogP contribution in [0.1, 0.15) is 49.4 Å². The zero-order valence-electron chi connectivity index (χ0n) is 21.4. The normalized spacial score (nSPS) is 14.4. The Labute approximate surface area is 230 Å². The van der Waals surface area contributed by atoms with Gasteiger partial charge in [-0.05, 0) is 55.3 Å². The van der Waals surface area contributed by atoms with Gasteiger partial charge in [0.2, 0.25) is 5.91 Å². The van der Waals surface area contributed by atoms with Crippen LogP contribution in [0.3, 0.4) is 0 Å². The molecule has 0 aliphatic heterocycles. The van der Waals surface area contributed by atoms with E-state index in [0.29, 0.717) is 21.6 Å². The van der Waals surface area contributed by atoms with Crippen LogP contribution >= 0.6 is 11.6 Å². The molecular formula is C31H28ClN5O2. The molecule has 1 N–H and O–H groups in total. The average Bonchev–Trinajstić information content (AvgIpc) is 3.31. The predicted molar refractivity (Wildman–Crippen MR) is 157 cm³/mol. The third kappa shape index (κ3) is 5.22. The molecule has 8 heteroatoms. The molecule has 1 fully saturated rings. The summed E-state index contributed by atoms with van der Waals surface area (Å²) < 4.78 is 3.38. The molecule has 0 radical (unpaired) electrons. The molecule has 1 aliphatic rings. The van der Waals surface area contributed by atoms with Crippen molar-refractivity contribution in [3.05, 3.63) is 106 Å². The molecule has 1 saturated carbocycles. The fourth-order valence-electron chi connectivity index (χ4n) is 5.39. The lowest BCUT2D eigenvalue weighted by Crippen LogP contribution is -2.25. The van der Waals surface area contributed by atoms with Crippen molar-refractivity contribution in [2.24, 2.45) is 5.10 Å². The van der Waals surface area contributed by atoms with Crippen molar-refractivity contribution in [3.63, 3.8) is 0 Å². The first kappa shape index (κ1) is 25.1. The van der Waals surface area contributed by atoms with Gasteiger partial charge in [0.25, 0.3) is 5.56 Å². The maximum Gasteiger partial charge on any atom is 0.282 e. The number of nitrogens with one attached hydrogen (secondary N) is 1. The van der Waals surface area contributed by atoms with Crippen LogP contribution in [0.5, 0.6) is 0 Å². The number of hydrogen-bond donors (Lipinski definition) is 1. The quantitative estimate of drug-likeness (QED) is 0.249. The van der Waals surface area contributed by atoms with Crippen LogP contribution in [-0.4, -0.2) is 26.3 Å². The minimum Gasteiger partial charge on any atom is -0.337 e. The summed E-state index contributed by atoms with van der Waals surface area (Å²) in [4.78, 5) is 31.3. The van der Waals surface area contributed by atoms with E-state index in [1.807, 2.05) is 53.2 Å². The summed E-state index contributed by atoms with van der Waals surface area (Å²) in [7, 11) is 0. The van der Waals surface area contributed by atoms with Crippen molar-refractivity contribution < 1.29 is 4.79 Å². The van der Waals surface area contributed by atoms with Crippen LogP contribution in [0, 0.1) is 0 Å². The molecule has 7 nitrogen and oxygen atoms in total. The van der Waals surface area contributed by atoms with Gasteiger partial charge in [0.1, 0.15) is 12.4 Å².